The van der Waals surface area contributed by atoms with E-state index in [1.54, 1.807) is 23.0 Å². The Morgan fingerprint density at radius 2 is 1.87 bits per heavy atom. The van der Waals surface area contributed by atoms with Gasteiger partial charge in [-0.25, -0.2) is 9.97 Å². The molecule has 4 aliphatic rings. The average Bonchev–Trinajstić information content (AvgIpc) is 3.94. The third-order valence-electron chi connectivity index (χ3n) is 12.5. The summed E-state index contributed by atoms with van der Waals surface area (Å²) in [5.74, 6) is 0.476. The first-order valence-electron chi connectivity index (χ1n) is 20.7. The van der Waals surface area contributed by atoms with Gasteiger partial charge in [0, 0.05) is 82.1 Å². The molecule has 314 valence electrons. The molecular weight excluding hydrogens is 788 g/mol. The minimum Gasteiger partial charge on any atom is -0.478 e. The van der Waals surface area contributed by atoms with Crippen molar-refractivity contribution in [2.45, 2.75) is 70.0 Å². The molecule has 3 atom stereocenters. The maximum Gasteiger partial charge on any atom is 0.294 e. The summed E-state index contributed by atoms with van der Waals surface area (Å²) in [6, 6.07) is 10.2. The molecule has 4 aliphatic heterocycles. The fraction of sp³-hybridized carbons (Fsp3) is 0.476. The first kappa shape index (κ1) is 39.6. The van der Waals surface area contributed by atoms with E-state index >= 15 is 0 Å². The second-order valence-electron chi connectivity index (χ2n) is 16.6. The molecule has 0 radical (unpaired) electrons. The fourth-order valence-corrected chi connectivity index (χ4v) is 9.64. The number of carbonyl (C=O) groups is 3. The number of piperazine rings is 1. The number of fused-ring (bicyclic) bond motifs is 4. The summed E-state index contributed by atoms with van der Waals surface area (Å²) in [5, 5.41) is 15.1. The highest BCUT2D eigenvalue weighted by Crippen LogP contribution is 2.39. The van der Waals surface area contributed by atoms with Gasteiger partial charge < -0.3 is 25.2 Å². The van der Waals surface area contributed by atoms with Crippen LogP contribution in [0.4, 0.5) is 23.1 Å². The van der Waals surface area contributed by atoms with Gasteiger partial charge in [-0.05, 0) is 63.6 Å². The van der Waals surface area contributed by atoms with E-state index in [1.165, 1.54) is 7.05 Å². The highest BCUT2D eigenvalue weighted by molar-refractivity contribution is 6.33. The predicted octanol–water partition coefficient (Wildman–Crippen LogP) is 3.88. The Kier molecular flexibility index (Phi) is 10.6. The number of benzene rings is 1. The number of nitrogens with one attached hydrogen (secondary N) is 3. The van der Waals surface area contributed by atoms with Crippen LogP contribution in [0, 0.1) is 5.92 Å². The number of rotatable bonds is 11. The summed E-state index contributed by atoms with van der Waals surface area (Å²) in [7, 11) is 3.45. The summed E-state index contributed by atoms with van der Waals surface area (Å²) in [4.78, 5) is 71.1. The monoisotopic (exact) mass is 836 g/mol. The van der Waals surface area contributed by atoms with Crippen molar-refractivity contribution in [3.05, 3.63) is 63.8 Å². The molecule has 18 heteroatoms. The lowest BCUT2D eigenvalue weighted by Gasteiger charge is -2.39. The van der Waals surface area contributed by atoms with Gasteiger partial charge in [0.1, 0.15) is 10.7 Å². The first-order chi connectivity index (χ1) is 28.9. The molecule has 3 N–H and O–H groups in total. The van der Waals surface area contributed by atoms with Crippen molar-refractivity contribution < 1.29 is 19.1 Å². The van der Waals surface area contributed by atoms with Gasteiger partial charge in [0.05, 0.1) is 40.9 Å². The number of imide groups is 1. The average molecular weight is 837 g/mol. The number of nitrogens with zero attached hydrogens (tertiary/aromatic N) is 9. The van der Waals surface area contributed by atoms with Gasteiger partial charge in [-0.3, -0.25) is 38.6 Å². The molecule has 0 spiro atoms. The first-order valence-corrected chi connectivity index (χ1v) is 21.1. The predicted molar refractivity (Wildman–Crippen MR) is 228 cm³/mol. The summed E-state index contributed by atoms with van der Waals surface area (Å²) < 4.78 is 9.05. The standard InChI is InChI=1S/C42H49ClN12O5/c1-23(2)55-39-25(15-33(41(55)59)60-22-35(57)44-3)14-26(17-45-39)47-38-31(43)18-46-42(49-38)54-21-27-16-28(54)20-53(27)19-24-10-12-52(13-11-24)32-7-5-6-29-36(50-51(4)37(29)32)30-8-9-34(56)48-40(30)58/h5-7,14-15,17-18,23-24,27-28,30H,8-13,16,19-22H2,1-4H3,(H,44,57)(H,46,47,49)(H,48,56,58)/t27-,28-,30?/m0/s1. The molecule has 0 saturated carbocycles. The third kappa shape index (κ3) is 7.37. The molecule has 4 fully saturated rings. The molecule has 9 rings (SSSR count). The van der Waals surface area contributed by atoms with Crippen molar-refractivity contribution in [1.29, 1.82) is 0 Å². The highest BCUT2D eigenvalue weighted by atomic mass is 35.5. The molecule has 8 heterocycles. The van der Waals surface area contributed by atoms with E-state index < -0.39 is 5.92 Å². The Balaban J connectivity index is 0.834. The quantitative estimate of drug-likeness (QED) is 0.163. The second kappa shape index (κ2) is 16.0. The van der Waals surface area contributed by atoms with Crippen LogP contribution in [0.1, 0.15) is 63.6 Å². The minimum absolute atomic E-state index is 0.0618. The van der Waals surface area contributed by atoms with Gasteiger partial charge in [0.25, 0.3) is 11.5 Å². The Morgan fingerprint density at radius 3 is 2.60 bits per heavy atom. The van der Waals surface area contributed by atoms with Crippen LogP contribution >= 0.6 is 11.6 Å². The van der Waals surface area contributed by atoms with Crippen LogP contribution < -0.4 is 36.0 Å². The topological polar surface area (TPSA) is 185 Å². The maximum atomic E-state index is 13.2. The van der Waals surface area contributed by atoms with E-state index in [2.05, 4.69) is 52.8 Å². The molecule has 17 nitrogen and oxygen atoms in total. The molecular formula is C42H49ClN12O5. The van der Waals surface area contributed by atoms with Crippen LogP contribution in [-0.4, -0.2) is 110 Å². The second-order valence-corrected chi connectivity index (χ2v) is 17.0. The number of anilines is 4. The van der Waals surface area contributed by atoms with Crippen molar-refractivity contribution in [2.75, 3.05) is 61.5 Å². The number of amides is 3. The Hall–Kier alpha value is -5.81. The van der Waals surface area contributed by atoms with Crippen LogP contribution in [0.5, 0.6) is 5.75 Å². The largest absolute Gasteiger partial charge is 0.478 e. The maximum absolute atomic E-state index is 13.2. The molecule has 60 heavy (non-hydrogen) atoms. The van der Waals surface area contributed by atoms with E-state index in [1.807, 2.05) is 37.7 Å². The Morgan fingerprint density at radius 1 is 1.05 bits per heavy atom. The normalized spacial score (nSPS) is 21.1. The van der Waals surface area contributed by atoms with Gasteiger partial charge >= 0.3 is 0 Å². The number of aryl methyl sites for hydroxylation is 1. The molecule has 0 aliphatic carbocycles. The Bertz CT molecular complexity index is 2570. The molecule has 3 amide bonds. The molecule has 1 aromatic carbocycles. The molecule has 1 unspecified atom stereocenters. The molecule has 5 aromatic rings. The van der Waals surface area contributed by atoms with E-state index in [4.69, 9.17) is 26.4 Å². The van der Waals surface area contributed by atoms with Crippen molar-refractivity contribution in [3.8, 4) is 5.75 Å². The molecule has 4 aromatic heterocycles. The highest BCUT2D eigenvalue weighted by Gasteiger charge is 2.45. The van der Waals surface area contributed by atoms with Crippen LogP contribution in [-0.2, 0) is 21.4 Å². The van der Waals surface area contributed by atoms with Gasteiger partial charge in [-0.15, -0.1) is 0 Å². The fourth-order valence-electron chi connectivity index (χ4n) is 9.50. The Labute approximate surface area is 351 Å². The number of para-hydroxylation sites is 1. The van der Waals surface area contributed by atoms with Crippen molar-refractivity contribution in [1.82, 2.24) is 44.8 Å². The number of carbonyl (C=O) groups excluding carboxylic acids is 3. The number of aromatic nitrogens is 6. The van der Waals surface area contributed by atoms with Gasteiger partial charge in [-0.2, -0.15) is 10.1 Å². The third-order valence-corrected chi connectivity index (χ3v) is 12.8. The zero-order chi connectivity index (χ0) is 41.8. The van der Waals surface area contributed by atoms with Crippen LogP contribution in [0.3, 0.4) is 0 Å². The van der Waals surface area contributed by atoms with E-state index in [0.29, 0.717) is 64.4 Å². The SMILES string of the molecule is CNC(=O)COc1cc2cc(Nc3nc(N4C[C@@H]5C[C@H]4CN5CC4CCN(c5cccc6c(C7CCC(=O)NC7=O)nn(C)c56)CC4)ncc3Cl)cnc2n(C(C)C)c1=O. The minimum atomic E-state index is -0.426. The lowest BCUT2D eigenvalue weighted by atomic mass is 9.92. The molecule has 2 bridgehead atoms. The molecule has 4 saturated heterocycles. The lowest BCUT2D eigenvalue weighted by Crippen LogP contribution is -2.49. The number of hydrogen-bond donors (Lipinski definition) is 3. The van der Waals surface area contributed by atoms with Crippen molar-refractivity contribution in [3.63, 3.8) is 0 Å². The van der Waals surface area contributed by atoms with Crippen molar-refractivity contribution >= 4 is 74.4 Å². The number of likely N-dealkylation sites (N-methyl/N-ethyl adjacent to an activating group) is 1. The number of piperidine rings is 2. The van der Waals surface area contributed by atoms with Crippen LogP contribution in [0.15, 0.2) is 47.5 Å². The summed E-state index contributed by atoms with van der Waals surface area (Å²) >= 11 is 6.64. The van der Waals surface area contributed by atoms with Gasteiger partial charge in [-0.1, -0.05) is 23.7 Å². The number of likely N-dealkylation sites (tertiary alicyclic amines) is 1. The van der Waals surface area contributed by atoms with E-state index in [9.17, 15) is 19.2 Å². The van der Waals surface area contributed by atoms with Crippen LogP contribution in [0.25, 0.3) is 21.9 Å². The van der Waals surface area contributed by atoms with E-state index in [-0.39, 0.29) is 41.7 Å². The smallest absolute Gasteiger partial charge is 0.294 e. The summed E-state index contributed by atoms with van der Waals surface area (Å²) in [5.41, 5.74) is 3.67. The van der Waals surface area contributed by atoms with Crippen molar-refractivity contribution in [2.24, 2.45) is 13.0 Å². The zero-order valence-corrected chi connectivity index (χ0v) is 34.9. The van der Waals surface area contributed by atoms with Crippen LogP contribution in [0.2, 0.25) is 5.02 Å². The van der Waals surface area contributed by atoms with E-state index in [0.717, 1.165) is 74.3 Å². The number of ether oxygens (including phenoxy) is 1. The summed E-state index contributed by atoms with van der Waals surface area (Å²) in [6.45, 7) is 8.25. The zero-order valence-electron chi connectivity index (χ0n) is 34.2. The number of hydrogen-bond acceptors (Lipinski definition) is 13. The number of halogens is 1. The van der Waals surface area contributed by atoms with Gasteiger partial charge in [0.15, 0.2) is 18.2 Å². The lowest BCUT2D eigenvalue weighted by molar-refractivity contribution is -0.134. The number of pyridine rings is 2. The van der Waals surface area contributed by atoms with Gasteiger partial charge in [0.2, 0.25) is 17.8 Å². The summed E-state index contributed by atoms with van der Waals surface area (Å²) in [6.07, 6.45) is 7.30.